The van der Waals surface area contributed by atoms with Crippen LogP contribution in [0.25, 0.3) is 0 Å². The number of carboxylic acids is 1. The van der Waals surface area contributed by atoms with E-state index in [1.165, 1.54) is 38.1 Å². The summed E-state index contributed by atoms with van der Waals surface area (Å²) in [5, 5.41) is 14.0. The van der Waals surface area contributed by atoms with Crippen molar-refractivity contribution < 1.29 is 23.1 Å². The van der Waals surface area contributed by atoms with Crippen LogP contribution in [0.3, 0.4) is 0 Å². The molecule has 0 aliphatic carbocycles. The molecule has 0 bridgehead atoms. The van der Waals surface area contributed by atoms with E-state index < -0.39 is 16.0 Å². The Labute approximate surface area is 156 Å². The largest absolute Gasteiger partial charge is 0.477 e. The van der Waals surface area contributed by atoms with Gasteiger partial charge in [0.2, 0.25) is 10.0 Å². The molecule has 0 aromatic heterocycles. The summed E-state index contributed by atoms with van der Waals surface area (Å²) in [6.45, 7) is 0. The minimum Gasteiger partial charge on any atom is -0.477 e. The van der Waals surface area contributed by atoms with Gasteiger partial charge in [-0.2, -0.15) is 0 Å². The number of nitrogens with one attached hydrogen (secondary N) is 1. The van der Waals surface area contributed by atoms with Gasteiger partial charge in [0.1, 0.15) is 11.3 Å². The van der Waals surface area contributed by atoms with E-state index in [4.69, 9.17) is 11.6 Å². The average Bonchev–Trinajstić information content (AvgIpc) is 2.59. The van der Waals surface area contributed by atoms with Gasteiger partial charge in [0.15, 0.2) is 0 Å². The average molecular weight is 398 g/mol. The highest BCUT2D eigenvalue weighted by molar-refractivity contribution is 7.89. The summed E-state index contributed by atoms with van der Waals surface area (Å²) in [5.41, 5.74) is 3.47. The predicted octanol–water partition coefficient (Wildman–Crippen LogP) is 3.04. The van der Waals surface area contributed by atoms with Gasteiger partial charge < -0.3 is 5.11 Å². The molecule has 0 saturated heterocycles. The van der Waals surface area contributed by atoms with Gasteiger partial charge in [0.05, 0.1) is 11.9 Å². The number of azo groups is 1. The van der Waals surface area contributed by atoms with E-state index >= 15 is 0 Å². The molecule has 0 radical (unpaired) electrons. The molecule has 0 heterocycles. The molecule has 26 heavy (non-hydrogen) atoms. The number of rotatable bonds is 6. The third-order valence-corrected chi connectivity index (χ3v) is 5.51. The zero-order valence-electron chi connectivity index (χ0n) is 14.3. The monoisotopic (exact) mass is 397 g/mol. The summed E-state index contributed by atoms with van der Waals surface area (Å²) >= 11 is 5.95. The topological polar surface area (TPSA) is 102 Å². The van der Waals surface area contributed by atoms with Crippen LogP contribution in [-0.4, -0.2) is 49.7 Å². The van der Waals surface area contributed by atoms with Gasteiger partial charge in [-0.15, -0.1) is 5.43 Å². The highest BCUT2D eigenvalue weighted by Crippen LogP contribution is 2.26. The number of halogens is 1. The van der Waals surface area contributed by atoms with Crippen molar-refractivity contribution in [3.63, 3.8) is 0 Å². The second kappa shape index (κ2) is 7.81. The van der Waals surface area contributed by atoms with Crippen LogP contribution in [0.2, 0.25) is 5.02 Å². The van der Waals surface area contributed by atoms with Gasteiger partial charge in [0.25, 0.3) is 5.69 Å². The Morgan fingerprint density at radius 1 is 1.23 bits per heavy atom. The lowest BCUT2D eigenvalue weighted by Crippen LogP contribution is -2.23. The second-order valence-corrected chi connectivity index (χ2v) is 7.99. The van der Waals surface area contributed by atoms with E-state index in [1.807, 2.05) is 0 Å². The van der Waals surface area contributed by atoms with Crippen molar-refractivity contribution in [2.45, 2.75) is 4.90 Å². The zero-order valence-corrected chi connectivity index (χ0v) is 15.9. The van der Waals surface area contributed by atoms with Crippen molar-refractivity contribution in [1.29, 1.82) is 0 Å². The first kappa shape index (κ1) is 19.8. The van der Waals surface area contributed by atoms with Crippen LogP contribution in [0, 0.1) is 0 Å². The molecule has 0 aliphatic heterocycles. The molecule has 0 aliphatic rings. The number of sulfonamides is 1. The Hall–Kier alpha value is -2.49. The smallest absolute Gasteiger partial charge is 0.342 e. The van der Waals surface area contributed by atoms with Crippen molar-refractivity contribution in [2.75, 3.05) is 26.6 Å². The predicted molar refractivity (Wildman–Crippen MR) is 97.6 cm³/mol. The molecular formula is C16H18ClN4O4S+. The molecule has 2 aromatic carbocycles. The van der Waals surface area contributed by atoms with Crippen LogP contribution in [0.5, 0.6) is 0 Å². The lowest BCUT2D eigenvalue weighted by atomic mass is 10.2. The summed E-state index contributed by atoms with van der Waals surface area (Å²) in [6.07, 6.45) is 0. The van der Waals surface area contributed by atoms with Crippen molar-refractivity contribution >= 4 is 39.0 Å². The summed E-state index contributed by atoms with van der Waals surface area (Å²) in [7, 11) is 0.449. The van der Waals surface area contributed by atoms with Crippen LogP contribution >= 0.6 is 11.6 Å². The van der Waals surface area contributed by atoms with Gasteiger partial charge in [-0.25, -0.2) is 17.5 Å². The first-order valence-corrected chi connectivity index (χ1v) is 9.20. The first-order valence-electron chi connectivity index (χ1n) is 7.39. The molecule has 8 nitrogen and oxygen atoms in total. The second-order valence-electron chi connectivity index (χ2n) is 5.41. The number of carbonyl (C=O) groups is 1. The quantitative estimate of drug-likeness (QED) is 0.443. The van der Waals surface area contributed by atoms with Crippen molar-refractivity contribution in [2.24, 2.45) is 5.11 Å². The zero-order chi connectivity index (χ0) is 19.5. The molecule has 0 atom stereocenters. The molecule has 2 N–H and O–H groups in total. The maximum atomic E-state index is 12.3. The van der Waals surface area contributed by atoms with Crippen LogP contribution in [0.1, 0.15) is 10.4 Å². The summed E-state index contributed by atoms with van der Waals surface area (Å²) < 4.78 is 25.5. The molecule has 2 rings (SSSR count). The minimum atomic E-state index is -3.76. The molecule has 0 unspecified atom stereocenters. The number of carboxylic acid groups (broad SMARTS) is 1. The summed E-state index contributed by atoms with van der Waals surface area (Å²) in [5.74, 6) is -1.28. The number of hydrogen-bond donors (Lipinski definition) is 2. The molecule has 2 aromatic rings. The number of nitrogens with zero attached hydrogens (tertiary/aromatic N) is 3. The fourth-order valence-corrected chi connectivity index (χ4v) is 3.26. The van der Waals surface area contributed by atoms with E-state index in [9.17, 15) is 18.3 Å². The fraction of sp³-hybridized carbons (Fsp3) is 0.188. The molecule has 138 valence electrons. The maximum absolute atomic E-state index is 12.3. The third-order valence-electron chi connectivity index (χ3n) is 3.46. The molecule has 10 heteroatoms. The van der Waals surface area contributed by atoms with E-state index in [-0.39, 0.29) is 16.1 Å². The Kier molecular flexibility index (Phi) is 5.96. The van der Waals surface area contributed by atoms with Gasteiger partial charge in [-0.05, 0) is 35.4 Å². The molecule has 0 spiro atoms. The number of hydrazine groups is 1. The Morgan fingerprint density at radius 3 is 2.46 bits per heavy atom. The molecule has 0 fully saturated rings. The molecule has 0 saturated carbocycles. The first-order chi connectivity index (χ1) is 12.2. The molecular weight excluding hydrogens is 380 g/mol. The SMILES string of the molecule is CN=[N+](Nc1cccc(Cl)c1)c1ccc(S(=O)(=O)N(C)C)cc1C(=O)O. The Bertz CT molecular complexity index is 974. The fourth-order valence-electron chi connectivity index (χ4n) is 2.14. The summed E-state index contributed by atoms with van der Waals surface area (Å²) in [4.78, 5) is 12.8. The number of hydrogen-bond acceptors (Lipinski definition) is 4. The van der Waals surface area contributed by atoms with Gasteiger partial charge in [0, 0.05) is 30.0 Å². The number of benzene rings is 2. The Balaban J connectivity index is 2.52. The van der Waals surface area contributed by atoms with Crippen LogP contribution < -0.4 is 5.43 Å². The number of aromatic carboxylic acids is 1. The van der Waals surface area contributed by atoms with Gasteiger partial charge in [-0.1, -0.05) is 17.7 Å². The Morgan fingerprint density at radius 2 is 1.92 bits per heavy atom. The van der Waals surface area contributed by atoms with Crippen LogP contribution in [-0.2, 0) is 10.0 Å². The van der Waals surface area contributed by atoms with E-state index in [0.717, 1.165) is 10.4 Å². The number of anilines is 1. The van der Waals surface area contributed by atoms with E-state index in [2.05, 4.69) is 10.5 Å². The van der Waals surface area contributed by atoms with Crippen molar-refractivity contribution in [1.82, 2.24) is 4.31 Å². The normalized spacial score (nSPS) is 12.3. The third kappa shape index (κ3) is 4.18. The standard InChI is InChI=1S/C16H17ClN4O4S/c1-18-21(19-12-6-4-5-11(17)9-12)15-8-7-13(10-14(15)16(22)23)26(24,25)20(2)3/h4-10H,1-3H3,(H-,18,19,22,23)/p+1. The highest BCUT2D eigenvalue weighted by atomic mass is 35.5. The lowest BCUT2D eigenvalue weighted by Gasteiger charge is -2.12. The van der Waals surface area contributed by atoms with Gasteiger partial charge in [-0.3, -0.25) is 0 Å². The van der Waals surface area contributed by atoms with E-state index in [0.29, 0.717) is 10.7 Å². The van der Waals surface area contributed by atoms with Crippen molar-refractivity contribution in [3.05, 3.63) is 53.1 Å². The summed E-state index contributed by atoms with van der Waals surface area (Å²) in [6, 6.07) is 10.6. The van der Waals surface area contributed by atoms with Crippen molar-refractivity contribution in [3.8, 4) is 0 Å². The van der Waals surface area contributed by atoms with Gasteiger partial charge >= 0.3 is 5.97 Å². The minimum absolute atomic E-state index is 0.123. The molecule has 0 amide bonds. The van der Waals surface area contributed by atoms with Crippen LogP contribution in [0.15, 0.2) is 52.5 Å². The lowest BCUT2D eigenvalue weighted by molar-refractivity contribution is -0.479. The van der Waals surface area contributed by atoms with Crippen LogP contribution in [0.4, 0.5) is 11.4 Å². The van der Waals surface area contributed by atoms with E-state index in [1.54, 1.807) is 24.3 Å². The maximum Gasteiger partial charge on any atom is 0.342 e. The highest BCUT2D eigenvalue weighted by Gasteiger charge is 2.27.